The van der Waals surface area contributed by atoms with E-state index < -0.39 is 48.7 Å². The second-order valence-electron chi connectivity index (χ2n) is 3.01. The van der Waals surface area contributed by atoms with Crippen molar-refractivity contribution in [1.82, 2.24) is 0 Å². The maximum Gasteiger partial charge on any atom is 0.302 e. The van der Waals surface area contributed by atoms with Gasteiger partial charge < -0.3 is 25.2 Å². The van der Waals surface area contributed by atoms with Crippen molar-refractivity contribution in [3.63, 3.8) is 0 Å². The Morgan fingerprint density at radius 3 is 2.33 bits per heavy atom. The van der Waals surface area contributed by atoms with E-state index in [1.54, 1.807) is 0 Å². The van der Waals surface area contributed by atoms with Crippen molar-refractivity contribution in [1.29, 1.82) is 0 Å². The van der Waals surface area contributed by atoms with E-state index in [0.29, 0.717) is 0 Å². The molecule has 0 radical (unpaired) electrons. The van der Waals surface area contributed by atoms with Crippen LogP contribution in [0.4, 0.5) is 0 Å². The van der Waals surface area contributed by atoms with Crippen LogP contribution in [0, 0.1) is 0 Å². The average Bonchev–Trinajstić information content (AvgIpc) is 2.18. The number of aliphatic hydroxyl groups excluding tert-OH is 4. The molecule has 9 heteroatoms. The number of rotatable bonds is 3. The molecule has 0 aromatic heterocycles. The molecule has 0 aromatic carbocycles. The van der Waals surface area contributed by atoms with Crippen molar-refractivity contribution in [2.45, 2.75) is 30.7 Å². The van der Waals surface area contributed by atoms with E-state index in [1.165, 1.54) is 0 Å². The third-order valence-corrected chi connectivity index (χ3v) is 2.42. The quantitative estimate of drug-likeness (QED) is 0.330. The molecule has 6 atom stereocenters. The lowest BCUT2D eigenvalue weighted by atomic mass is 9.99. The van der Waals surface area contributed by atoms with Crippen molar-refractivity contribution in [3.8, 4) is 0 Å². The molecule has 1 saturated heterocycles. The van der Waals surface area contributed by atoms with Gasteiger partial charge in [0.15, 0.2) is 6.29 Å². The van der Waals surface area contributed by atoms with Crippen molar-refractivity contribution in [3.05, 3.63) is 0 Å². The van der Waals surface area contributed by atoms with Gasteiger partial charge in [0.05, 0.1) is 6.61 Å². The summed E-state index contributed by atoms with van der Waals surface area (Å²) in [5, 5.41) is 36.4. The smallest absolute Gasteiger partial charge is 0.302 e. The molecule has 8 nitrogen and oxygen atoms in total. The van der Waals surface area contributed by atoms with Gasteiger partial charge in [-0.3, -0.25) is 8.74 Å². The molecule has 1 heterocycles. The van der Waals surface area contributed by atoms with Crippen LogP contribution >= 0.6 is 0 Å². The molecular formula is C6H12O8S. The van der Waals surface area contributed by atoms with Crippen LogP contribution in [0.2, 0.25) is 0 Å². The van der Waals surface area contributed by atoms with E-state index in [-0.39, 0.29) is 0 Å². The SMILES string of the molecule is O=S(O)O[C@H]1C(CO)OC(O)C(O)[C@@H]1O. The first kappa shape index (κ1) is 12.9. The van der Waals surface area contributed by atoms with E-state index in [4.69, 9.17) is 14.8 Å². The van der Waals surface area contributed by atoms with Crippen LogP contribution in [-0.4, -0.2) is 66.5 Å². The average molecular weight is 244 g/mol. The standard InChI is InChI=1S/C6H12O8S/c7-1-2-5(14-15(11)12)3(8)4(9)6(10)13-2/h2-10H,1H2,(H,11,12)/t2?,3-,4?,5-,6?/m0/s1. The zero-order valence-corrected chi connectivity index (χ0v) is 8.28. The van der Waals surface area contributed by atoms with E-state index in [9.17, 15) is 14.4 Å². The molecule has 0 saturated carbocycles. The molecular weight excluding hydrogens is 232 g/mol. The summed E-state index contributed by atoms with van der Waals surface area (Å²) < 4.78 is 27.8. The fraction of sp³-hybridized carbons (Fsp3) is 1.00. The summed E-state index contributed by atoms with van der Waals surface area (Å²) >= 11 is -2.68. The highest BCUT2D eigenvalue weighted by Gasteiger charge is 2.45. The second kappa shape index (κ2) is 5.27. The summed E-state index contributed by atoms with van der Waals surface area (Å²) in [6, 6.07) is 0. The van der Waals surface area contributed by atoms with Gasteiger partial charge in [-0.15, -0.1) is 0 Å². The maximum absolute atomic E-state index is 10.4. The summed E-state index contributed by atoms with van der Waals surface area (Å²) in [5.41, 5.74) is 0. The van der Waals surface area contributed by atoms with Gasteiger partial charge >= 0.3 is 11.4 Å². The first-order valence-electron chi connectivity index (χ1n) is 4.06. The Kier molecular flexibility index (Phi) is 4.55. The highest BCUT2D eigenvalue weighted by molar-refractivity contribution is 7.74. The lowest BCUT2D eigenvalue weighted by Crippen LogP contribution is -2.59. The summed E-state index contributed by atoms with van der Waals surface area (Å²) in [6.45, 7) is -0.636. The fourth-order valence-electron chi connectivity index (χ4n) is 1.28. The van der Waals surface area contributed by atoms with Crippen molar-refractivity contribution in [2.24, 2.45) is 0 Å². The summed E-state index contributed by atoms with van der Waals surface area (Å²) in [4.78, 5) is 0. The van der Waals surface area contributed by atoms with Crippen LogP contribution in [0.3, 0.4) is 0 Å². The summed E-state index contributed by atoms with van der Waals surface area (Å²) in [5.74, 6) is 0. The molecule has 1 rings (SSSR count). The van der Waals surface area contributed by atoms with Crippen LogP contribution in [0.15, 0.2) is 0 Å². The first-order valence-corrected chi connectivity index (χ1v) is 5.09. The van der Waals surface area contributed by atoms with Gasteiger partial charge in [-0.05, 0) is 0 Å². The number of hydrogen-bond acceptors (Lipinski definition) is 7. The molecule has 1 fully saturated rings. The third kappa shape index (κ3) is 2.92. The molecule has 0 amide bonds. The van der Waals surface area contributed by atoms with Crippen LogP contribution in [0.5, 0.6) is 0 Å². The number of ether oxygens (including phenoxy) is 1. The maximum atomic E-state index is 10.4. The van der Waals surface area contributed by atoms with Gasteiger partial charge in [-0.25, -0.2) is 0 Å². The zero-order valence-electron chi connectivity index (χ0n) is 7.46. The largest absolute Gasteiger partial charge is 0.394 e. The van der Waals surface area contributed by atoms with Crippen molar-refractivity contribution in [2.75, 3.05) is 6.61 Å². The van der Waals surface area contributed by atoms with E-state index >= 15 is 0 Å². The Morgan fingerprint density at radius 1 is 1.27 bits per heavy atom. The topological polar surface area (TPSA) is 137 Å². The van der Waals surface area contributed by atoms with Crippen LogP contribution in [-0.2, 0) is 20.3 Å². The summed E-state index contributed by atoms with van der Waals surface area (Å²) in [7, 11) is 0. The van der Waals surface area contributed by atoms with E-state index in [2.05, 4.69) is 8.92 Å². The highest BCUT2D eigenvalue weighted by atomic mass is 32.2. The van der Waals surface area contributed by atoms with Crippen LogP contribution in [0.1, 0.15) is 0 Å². The number of hydrogen-bond donors (Lipinski definition) is 5. The second-order valence-corrected chi connectivity index (χ2v) is 3.63. The van der Waals surface area contributed by atoms with Crippen molar-refractivity contribution >= 4 is 11.4 Å². The molecule has 0 bridgehead atoms. The Morgan fingerprint density at radius 2 is 1.87 bits per heavy atom. The highest BCUT2D eigenvalue weighted by Crippen LogP contribution is 2.22. The normalized spacial score (nSPS) is 43.9. The van der Waals surface area contributed by atoms with E-state index in [0.717, 1.165) is 0 Å². The molecule has 4 unspecified atom stereocenters. The molecule has 0 aromatic rings. The number of aliphatic hydroxyl groups is 4. The molecule has 0 spiro atoms. The molecule has 1 aliphatic heterocycles. The van der Waals surface area contributed by atoms with Crippen LogP contribution < -0.4 is 0 Å². The minimum atomic E-state index is -2.68. The van der Waals surface area contributed by atoms with E-state index in [1.807, 2.05) is 0 Å². The van der Waals surface area contributed by atoms with Gasteiger partial charge in [-0.2, -0.15) is 4.21 Å². The fourth-order valence-corrected chi connectivity index (χ4v) is 1.71. The monoisotopic (exact) mass is 244 g/mol. The Labute approximate surface area is 87.5 Å². The van der Waals surface area contributed by atoms with Gasteiger partial charge in [0.2, 0.25) is 0 Å². The van der Waals surface area contributed by atoms with Gasteiger partial charge in [0, 0.05) is 0 Å². The van der Waals surface area contributed by atoms with Crippen LogP contribution in [0.25, 0.3) is 0 Å². The lowest BCUT2D eigenvalue weighted by Gasteiger charge is -2.38. The molecule has 5 N–H and O–H groups in total. The Bertz CT molecular complexity index is 233. The molecule has 0 aliphatic carbocycles. The Balaban J connectivity index is 2.75. The molecule has 90 valence electrons. The van der Waals surface area contributed by atoms with Gasteiger partial charge in [0.25, 0.3) is 0 Å². The third-order valence-electron chi connectivity index (χ3n) is 2.03. The first-order chi connectivity index (χ1) is 6.97. The lowest BCUT2D eigenvalue weighted by molar-refractivity contribution is -0.281. The Hall–Kier alpha value is -0.130. The zero-order chi connectivity index (χ0) is 11.6. The predicted octanol–water partition coefficient (Wildman–Crippen LogP) is -3.06. The van der Waals surface area contributed by atoms with Crippen molar-refractivity contribution < 1.29 is 38.1 Å². The predicted molar refractivity (Wildman–Crippen MR) is 45.6 cm³/mol. The molecule has 1 aliphatic rings. The van der Waals surface area contributed by atoms with Gasteiger partial charge in [0.1, 0.15) is 24.4 Å². The minimum absolute atomic E-state index is 0.636. The minimum Gasteiger partial charge on any atom is -0.394 e. The molecule has 15 heavy (non-hydrogen) atoms. The van der Waals surface area contributed by atoms with Gasteiger partial charge in [-0.1, -0.05) is 0 Å². The summed E-state index contributed by atoms with van der Waals surface area (Å²) in [6.07, 6.45) is -7.54.